The van der Waals surface area contributed by atoms with Crippen LogP contribution in [0.4, 0.5) is 0 Å². The lowest BCUT2D eigenvalue weighted by Gasteiger charge is -2.16. The van der Waals surface area contributed by atoms with Crippen molar-refractivity contribution < 1.29 is 14.3 Å². The maximum absolute atomic E-state index is 11.5. The van der Waals surface area contributed by atoms with Gasteiger partial charge in [-0.1, -0.05) is 13.8 Å². The number of hydrogen-bond donors (Lipinski definition) is 1. The summed E-state index contributed by atoms with van der Waals surface area (Å²) < 4.78 is 5.08. The number of rotatable bonds is 8. The van der Waals surface area contributed by atoms with Gasteiger partial charge in [-0.25, -0.2) is 0 Å². The highest BCUT2D eigenvalue weighted by atomic mass is 16.5. The van der Waals surface area contributed by atoms with Crippen LogP contribution >= 0.6 is 0 Å². The van der Waals surface area contributed by atoms with E-state index in [0.717, 1.165) is 12.8 Å². The lowest BCUT2D eigenvalue weighted by Crippen LogP contribution is -2.25. The fourth-order valence-corrected chi connectivity index (χ4v) is 1.34. The molecule has 1 atom stereocenters. The first-order valence-electron chi connectivity index (χ1n) is 5.55. The molecule has 1 unspecified atom stereocenters. The molecule has 0 heterocycles. The fourth-order valence-electron chi connectivity index (χ4n) is 1.34. The summed E-state index contributed by atoms with van der Waals surface area (Å²) in [5, 5.41) is 0. The minimum Gasteiger partial charge on any atom is -0.454 e. The van der Waals surface area contributed by atoms with Crippen LogP contribution in [-0.2, 0) is 14.3 Å². The first kappa shape index (κ1) is 14.1. The highest BCUT2D eigenvalue weighted by molar-refractivity contribution is 5.74. The Kier molecular flexibility index (Phi) is 7.91. The van der Waals surface area contributed by atoms with Gasteiger partial charge in [0.25, 0.3) is 0 Å². The maximum atomic E-state index is 11.5. The molecule has 0 aliphatic heterocycles. The van der Waals surface area contributed by atoms with Crippen LogP contribution in [0.1, 0.15) is 39.5 Å². The quantitative estimate of drug-likeness (QED) is 0.489. The van der Waals surface area contributed by atoms with Crippen LogP contribution in [0.15, 0.2) is 0 Å². The van der Waals surface area contributed by atoms with E-state index in [-0.39, 0.29) is 11.9 Å². The third-order valence-corrected chi connectivity index (χ3v) is 2.43. The third-order valence-electron chi connectivity index (χ3n) is 2.43. The Bertz CT molecular complexity index is 190. The van der Waals surface area contributed by atoms with E-state index in [1.807, 2.05) is 13.8 Å². The molecule has 4 heteroatoms. The Morgan fingerprint density at radius 3 is 2.40 bits per heavy atom. The van der Waals surface area contributed by atoms with E-state index < -0.39 is 6.10 Å². The van der Waals surface area contributed by atoms with Crippen LogP contribution in [0.5, 0.6) is 0 Å². The SMILES string of the molecule is CCC(CC)C(=O)OC(C=O)CCCN. The van der Waals surface area contributed by atoms with E-state index in [1.54, 1.807) is 0 Å². The first-order valence-corrected chi connectivity index (χ1v) is 5.55. The summed E-state index contributed by atoms with van der Waals surface area (Å²) in [5.74, 6) is -0.362. The molecule has 4 nitrogen and oxygen atoms in total. The highest BCUT2D eigenvalue weighted by Crippen LogP contribution is 2.12. The summed E-state index contributed by atoms with van der Waals surface area (Å²) in [6, 6.07) is 0. The number of ether oxygens (including phenoxy) is 1. The topological polar surface area (TPSA) is 69.4 Å². The van der Waals surface area contributed by atoms with Crippen LogP contribution in [0.25, 0.3) is 0 Å². The van der Waals surface area contributed by atoms with Gasteiger partial charge in [-0.2, -0.15) is 0 Å². The molecule has 0 aromatic heterocycles. The van der Waals surface area contributed by atoms with Gasteiger partial charge in [0.2, 0.25) is 0 Å². The van der Waals surface area contributed by atoms with Crippen molar-refractivity contribution in [3.8, 4) is 0 Å². The Morgan fingerprint density at radius 1 is 1.40 bits per heavy atom. The zero-order valence-corrected chi connectivity index (χ0v) is 9.57. The van der Waals surface area contributed by atoms with Crippen molar-refractivity contribution in [2.45, 2.75) is 45.6 Å². The normalized spacial score (nSPS) is 12.5. The van der Waals surface area contributed by atoms with Crippen molar-refractivity contribution in [1.29, 1.82) is 0 Å². The van der Waals surface area contributed by atoms with Gasteiger partial charge in [0.1, 0.15) is 0 Å². The first-order chi connectivity index (χ1) is 7.19. The zero-order valence-electron chi connectivity index (χ0n) is 9.57. The molecule has 2 N–H and O–H groups in total. The number of aldehydes is 1. The van der Waals surface area contributed by atoms with Gasteiger partial charge in [-0.15, -0.1) is 0 Å². The molecule has 0 radical (unpaired) electrons. The molecule has 0 spiro atoms. The van der Waals surface area contributed by atoms with Gasteiger partial charge in [0.05, 0.1) is 5.92 Å². The van der Waals surface area contributed by atoms with Crippen LogP contribution < -0.4 is 5.73 Å². The van der Waals surface area contributed by atoms with Crippen molar-refractivity contribution in [2.75, 3.05) is 6.54 Å². The molecule has 0 saturated carbocycles. The van der Waals surface area contributed by atoms with Crippen LogP contribution in [-0.4, -0.2) is 24.9 Å². The zero-order chi connectivity index (χ0) is 11.7. The second-order valence-electron chi connectivity index (χ2n) is 3.56. The van der Waals surface area contributed by atoms with Crippen LogP contribution in [0.3, 0.4) is 0 Å². The molecule has 0 fully saturated rings. The monoisotopic (exact) mass is 215 g/mol. The van der Waals surface area contributed by atoms with Crippen LogP contribution in [0.2, 0.25) is 0 Å². The van der Waals surface area contributed by atoms with Crippen molar-refractivity contribution in [3.63, 3.8) is 0 Å². The molecule has 15 heavy (non-hydrogen) atoms. The van der Waals surface area contributed by atoms with Crippen molar-refractivity contribution in [3.05, 3.63) is 0 Å². The van der Waals surface area contributed by atoms with E-state index in [1.165, 1.54) is 0 Å². The summed E-state index contributed by atoms with van der Waals surface area (Å²) >= 11 is 0. The molecule has 0 amide bonds. The Hall–Kier alpha value is -0.900. The van der Waals surface area contributed by atoms with Gasteiger partial charge in [-0.3, -0.25) is 9.59 Å². The Labute approximate surface area is 91.2 Å². The summed E-state index contributed by atoms with van der Waals surface area (Å²) in [6.45, 7) is 4.38. The second-order valence-corrected chi connectivity index (χ2v) is 3.56. The number of nitrogens with two attached hydrogens (primary N) is 1. The molecular weight excluding hydrogens is 194 g/mol. The molecule has 0 aromatic carbocycles. The molecule has 0 saturated heterocycles. The van der Waals surface area contributed by atoms with E-state index >= 15 is 0 Å². The van der Waals surface area contributed by atoms with Gasteiger partial charge < -0.3 is 10.5 Å². The lowest BCUT2D eigenvalue weighted by molar-refractivity contribution is -0.156. The van der Waals surface area contributed by atoms with Crippen molar-refractivity contribution >= 4 is 12.3 Å². The lowest BCUT2D eigenvalue weighted by atomic mass is 10.0. The predicted molar refractivity (Wildman–Crippen MR) is 58.3 cm³/mol. The molecule has 88 valence electrons. The van der Waals surface area contributed by atoms with E-state index in [4.69, 9.17) is 10.5 Å². The molecule has 0 aromatic rings. The van der Waals surface area contributed by atoms with E-state index in [2.05, 4.69) is 0 Å². The van der Waals surface area contributed by atoms with Gasteiger partial charge in [-0.05, 0) is 32.2 Å². The minimum atomic E-state index is -0.623. The summed E-state index contributed by atoms with van der Waals surface area (Å²) in [6.07, 6.45) is 2.76. The standard InChI is InChI=1S/C11H21NO3/c1-3-9(4-2)11(14)15-10(8-13)6-5-7-12/h8-10H,3-7,12H2,1-2H3. The van der Waals surface area contributed by atoms with Gasteiger partial charge >= 0.3 is 5.97 Å². The Balaban J connectivity index is 4.04. The number of carbonyl (C=O) groups is 2. The molecule has 0 aliphatic rings. The van der Waals surface area contributed by atoms with Gasteiger partial charge in [0.15, 0.2) is 12.4 Å². The smallest absolute Gasteiger partial charge is 0.309 e. The average Bonchev–Trinajstić information content (AvgIpc) is 2.25. The van der Waals surface area contributed by atoms with E-state index in [0.29, 0.717) is 25.7 Å². The maximum Gasteiger partial charge on any atom is 0.309 e. The number of esters is 1. The average molecular weight is 215 g/mol. The Morgan fingerprint density at radius 2 is 2.00 bits per heavy atom. The molecule has 0 aliphatic carbocycles. The van der Waals surface area contributed by atoms with E-state index in [9.17, 15) is 9.59 Å². The second kappa shape index (κ2) is 8.41. The van der Waals surface area contributed by atoms with Crippen LogP contribution in [0, 0.1) is 5.92 Å². The van der Waals surface area contributed by atoms with Crippen molar-refractivity contribution in [2.24, 2.45) is 11.7 Å². The highest BCUT2D eigenvalue weighted by Gasteiger charge is 2.19. The summed E-state index contributed by atoms with van der Waals surface area (Å²) in [4.78, 5) is 22.2. The number of hydrogen-bond acceptors (Lipinski definition) is 4. The van der Waals surface area contributed by atoms with Gasteiger partial charge in [0, 0.05) is 0 Å². The third kappa shape index (κ3) is 5.52. The molecule has 0 bridgehead atoms. The number of carbonyl (C=O) groups excluding carboxylic acids is 2. The fraction of sp³-hybridized carbons (Fsp3) is 0.818. The predicted octanol–water partition coefficient (Wildman–Crippen LogP) is 1.27. The van der Waals surface area contributed by atoms with Crippen molar-refractivity contribution in [1.82, 2.24) is 0 Å². The summed E-state index contributed by atoms with van der Waals surface area (Å²) in [7, 11) is 0. The largest absolute Gasteiger partial charge is 0.454 e. The minimum absolute atomic E-state index is 0.0923. The summed E-state index contributed by atoms with van der Waals surface area (Å²) in [5.41, 5.74) is 5.32. The molecule has 0 rings (SSSR count). The molecular formula is C11H21NO3.